The summed E-state index contributed by atoms with van der Waals surface area (Å²) in [6.45, 7) is 1.19. The van der Waals surface area contributed by atoms with Gasteiger partial charge < -0.3 is 10.6 Å². The molecule has 1 saturated heterocycles. The van der Waals surface area contributed by atoms with Gasteiger partial charge in [0, 0.05) is 0 Å². The van der Waals surface area contributed by atoms with Crippen LogP contribution in [0.15, 0.2) is 48.5 Å². The van der Waals surface area contributed by atoms with Crippen LogP contribution in [-0.2, 0) is 21.5 Å². The largest absolute Gasteiger partial charge is 0.348 e. The van der Waals surface area contributed by atoms with Gasteiger partial charge in [0.15, 0.2) is 0 Å². The fourth-order valence-electron chi connectivity index (χ4n) is 3.91. The average Bonchev–Trinajstić information content (AvgIpc) is 3.17. The van der Waals surface area contributed by atoms with Gasteiger partial charge in [0.2, 0.25) is 5.91 Å². The number of imide groups is 1. The molecular formula is C21H20FN3O3. The number of urea groups is 1. The molecule has 4 rings (SSSR count). The maximum Gasteiger partial charge on any atom is 0.325 e. The highest BCUT2D eigenvalue weighted by molar-refractivity contribution is 6.09. The van der Waals surface area contributed by atoms with E-state index in [1.165, 1.54) is 29.8 Å². The van der Waals surface area contributed by atoms with E-state index in [9.17, 15) is 18.8 Å². The monoisotopic (exact) mass is 381 g/mol. The Balaban J connectivity index is 1.46. The van der Waals surface area contributed by atoms with E-state index in [-0.39, 0.29) is 12.6 Å². The molecule has 0 aromatic heterocycles. The summed E-state index contributed by atoms with van der Waals surface area (Å²) in [4.78, 5) is 38.6. The lowest BCUT2D eigenvalue weighted by atomic mass is 9.92. The fraction of sp³-hybridized carbons (Fsp3) is 0.286. The van der Waals surface area contributed by atoms with Gasteiger partial charge in [-0.2, -0.15) is 0 Å². The van der Waals surface area contributed by atoms with Crippen molar-refractivity contribution in [1.29, 1.82) is 0 Å². The van der Waals surface area contributed by atoms with Crippen LogP contribution in [-0.4, -0.2) is 29.3 Å². The predicted molar refractivity (Wildman–Crippen MR) is 99.6 cm³/mol. The lowest BCUT2D eigenvalue weighted by molar-refractivity contribution is -0.135. The number of aryl methyl sites for hydroxylation is 1. The average molecular weight is 381 g/mol. The Morgan fingerprint density at radius 3 is 2.68 bits per heavy atom. The van der Waals surface area contributed by atoms with Crippen LogP contribution < -0.4 is 10.6 Å². The minimum Gasteiger partial charge on any atom is -0.348 e. The summed E-state index contributed by atoms with van der Waals surface area (Å²) in [5.74, 6) is -1.36. The molecule has 0 bridgehead atoms. The minimum atomic E-state index is -1.33. The standard InChI is InChI=1S/C21H20FN3O3/c1-21(14-7-9-15(22)10-8-14)19(27)25(20(28)24-21)12-18(26)23-17-11-6-13-4-2-3-5-16(13)17/h2-5,7-10,17H,6,11-12H2,1H3,(H,23,26)(H,24,28)/t17-,21+/m0/s1. The van der Waals surface area contributed by atoms with Gasteiger partial charge in [0.05, 0.1) is 6.04 Å². The Morgan fingerprint density at radius 1 is 1.21 bits per heavy atom. The topological polar surface area (TPSA) is 78.5 Å². The normalized spacial score (nSPS) is 23.5. The summed E-state index contributed by atoms with van der Waals surface area (Å²) in [6.07, 6.45) is 1.67. The summed E-state index contributed by atoms with van der Waals surface area (Å²) >= 11 is 0. The molecule has 2 aromatic carbocycles. The third-order valence-corrected chi connectivity index (χ3v) is 5.47. The van der Waals surface area contributed by atoms with Crippen molar-refractivity contribution >= 4 is 17.8 Å². The van der Waals surface area contributed by atoms with E-state index in [0.717, 1.165) is 23.3 Å². The van der Waals surface area contributed by atoms with Gasteiger partial charge in [-0.1, -0.05) is 36.4 Å². The molecule has 144 valence electrons. The molecule has 2 aliphatic rings. The molecule has 2 N–H and O–H groups in total. The number of amides is 4. The second-order valence-corrected chi connectivity index (χ2v) is 7.31. The number of hydrogen-bond donors (Lipinski definition) is 2. The highest BCUT2D eigenvalue weighted by Gasteiger charge is 2.49. The molecule has 6 nitrogen and oxygen atoms in total. The molecule has 0 unspecified atom stereocenters. The van der Waals surface area contributed by atoms with E-state index >= 15 is 0 Å². The molecular weight excluding hydrogens is 361 g/mol. The van der Waals surface area contributed by atoms with E-state index < -0.39 is 29.2 Å². The molecule has 1 aliphatic carbocycles. The molecule has 7 heteroatoms. The van der Waals surface area contributed by atoms with Crippen molar-refractivity contribution in [2.75, 3.05) is 6.54 Å². The molecule has 28 heavy (non-hydrogen) atoms. The van der Waals surface area contributed by atoms with Crippen LogP contribution in [0.1, 0.15) is 36.1 Å². The van der Waals surface area contributed by atoms with Crippen LogP contribution in [0.25, 0.3) is 0 Å². The molecule has 0 saturated carbocycles. The van der Waals surface area contributed by atoms with Crippen molar-refractivity contribution in [2.45, 2.75) is 31.3 Å². The lowest BCUT2D eigenvalue weighted by Crippen LogP contribution is -2.43. The molecule has 1 heterocycles. The van der Waals surface area contributed by atoms with Crippen LogP contribution >= 0.6 is 0 Å². The Morgan fingerprint density at radius 2 is 1.93 bits per heavy atom. The minimum absolute atomic E-state index is 0.118. The zero-order valence-electron chi connectivity index (χ0n) is 15.4. The van der Waals surface area contributed by atoms with Crippen LogP contribution in [0, 0.1) is 5.82 Å². The number of halogens is 1. The lowest BCUT2D eigenvalue weighted by Gasteiger charge is -2.22. The first-order chi connectivity index (χ1) is 13.4. The smallest absolute Gasteiger partial charge is 0.325 e. The summed E-state index contributed by atoms with van der Waals surface area (Å²) in [6, 6.07) is 12.5. The Hall–Kier alpha value is -3.22. The van der Waals surface area contributed by atoms with Crippen molar-refractivity contribution in [3.63, 3.8) is 0 Å². The predicted octanol–water partition coefficient (Wildman–Crippen LogP) is 2.40. The molecule has 0 spiro atoms. The first-order valence-electron chi connectivity index (χ1n) is 9.16. The van der Waals surface area contributed by atoms with Crippen molar-refractivity contribution in [2.24, 2.45) is 0 Å². The van der Waals surface area contributed by atoms with E-state index in [4.69, 9.17) is 0 Å². The molecule has 4 amide bonds. The second-order valence-electron chi connectivity index (χ2n) is 7.31. The molecule has 2 atom stereocenters. The highest BCUT2D eigenvalue weighted by Crippen LogP contribution is 2.31. The van der Waals surface area contributed by atoms with E-state index in [1.54, 1.807) is 6.92 Å². The van der Waals surface area contributed by atoms with Crippen LogP contribution in [0.4, 0.5) is 9.18 Å². The van der Waals surface area contributed by atoms with Crippen molar-refractivity contribution in [3.8, 4) is 0 Å². The van der Waals surface area contributed by atoms with Crippen molar-refractivity contribution in [3.05, 3.63) is 71.0 Å². The number of carbonyl (C=O) groups is 3. The van der Waals surface area contributed by atoms with Gasteiger partial charge in [0.1, 0.15) is 17.9 Å². The Kier molecular flexibility index (Phi) is 4.37. The third-order valence-electron chi connectivity index (χ3n) is 5.47. The molecule has 1 fully saturated rings. The number of benzene rings is 2. The second kappa shape index (κ2) is 6.74. The zero-order chi connectivity index (χ0) is 19.9. The number of nitrogens with one attached hydrogen (secondary N) is 2. The number of nitrogens with zero attached hydrogens (tertiary/aromatic N) is 1. The molecule has 0 radical (unpaired) electrons. The van der Waals surface area contributed by atoms with E-state index in [0.29, 0.717) is 5.56 Å². The van der Waals surface area contributed by atoms with Crippen LogP contribution in [0.2, 0.25) is 0 Å². The van der Waals surface area contributed by atoms with E-state index in [1.807, 2.05) is 24.3 Å². The van der Waals surface area contributed by atoms with Crippen LogP contribution in [0.3, 0.4) is 0 Å². The van der Waals surface area contributed by atoms with E-state index in [2.05, 4.69) is 10.6 Å². The quantitative estimate of drug-likeness (QED) is 0.799. The van der Waals surface area contributed by atoms with Crippen molar-refractivity contribution < 1.29 is 18.8 Å². The first-order valence-corrected chi connectivity index (χ1v) is 9.16. The maximum atomic E-state index is 13.2. The summed E-state index contributed by atoms with van der Waals surface area (Å²) in [5.41, 5.74) is 1.40. The number of fused-ring (bicyclic) bond motifs is 1. The third kappa shape index (κ3) is 3.02. The SMILES string of the molecule is C[C@]1(c2ccc(F)cc2)NC(=O)N(CC(=O)N[C@H]2CCc3ccccc32)C1=O. The summed E-state index contributed by atoms with van der Waals surface area (Å²) in [5, 5.41) is 5.53. The van der Waals surface area contributed by atoms with Crippen LogP contribution in [0.5, 0.6) is 0 Å². The first kappa shape index (κ1) is 18.2. The molecule has 2 aromatic rings. The van der Waals surface area contributed by atoms with Gasteiger partial charge in [-0.25, -0.2) is 9.18 Å². The molecule has 1 aliphatic heterocycles. The van der Waals surface area contributed by atoms with Gasteiger partial charge >= 0.3 is 6.03 Å². The zero-order valence-corrected chi connectivity index (χ0v) is 15.4. The van der Waals surface area contributed by atoms with Gasteiger partial charge in [-0.15, -0.1) is 0 Å². The Bertz CT molecular complexity index is 960. The maximum absolute atomic E-state index is 13.2. The highest BCUT2D eigenvalue weighted by atomic mass is 19.1. The summed E-state index contributed by atoms with van der Waals surface area (Å²) in [7, 11) is 0. The fourth-order valence-corrected chi connectivity index (χ4v) is 3.91. The summed E-state index contributed by atoms with van der Waals surface area (Å²) < 4.78 is 13.2. The number of carbonyl (C=O) groups excluding carboxylic acids is 3. The number of hydrogen-bond acceptors (Lipinski definition) is 3. The Labute approximate surface area is 161 Å². The van der Waals surface area contributed by atoms with Gasteiger partial charge in [0.25, 0.3) is 5.91 Å². The number of rotatable bonds is 4. The van der Waals surface area contributed by atoms with Crippen molar-refractivity contribution in [1.82, 2.24) is 15.5 Å². The van der Waals surface area contributed by atoms with Gasteiger partial charge in [-0.05, 0) is 48.6 Å². The van der Waals surface area contributed by atoms with Gasteiger partial charge in [-0.3, -0.25) is 14.5 Å².